The predicted octanol–water partition coefficient (Wildman–Crippen LogP) is 9.00. The summed E-state index contributed by atoms with van der Waals surface area (Å²) < 4.78 is 4.69. The summed E-state index contributed by atoms with van der Waals surface area (Å²) in [6.45, 7) is 12.6. The number of rotatable bonds is 21. The van der Waals surface area contributed by atoms with Crippen molar-refractivity contribution in [1.29, 1.82) is 0 Å². The van der Waals surface area contributed by atoms with Gasteiger partial charge in [0, 0.05) is 6.42 Å². The molecule has 4 heteroatoms. The lowest BCUT2D eigenvalue weighted by Gasteiger charge is -2.16. The first-order chi connectivity index (χ1) is 15.3. The number of allylic oxidation sites excluding steroid dienone is 1. The van der Waals surface area contributed by atoms with E-state index in [0.29, 0.717) is 12.8 Å². The third kappa shape index (κ3) is 24.7. The molecule has 0 aliphatic carbocycles. The second kappa shape index (κ2) is 24.1. The number of hydrogen-bond acceptors (Lipinski definition) is 3. The van der Waals surface area contributed by atoms with Crippen molar-refractivity contribution in [2.24, 2.45) is 5.41 Å². The third-order valence-corrected chi connectivity index (χ3v) is 5.75. The van der Waals surface area contributed by atoms with Gasteiger partial charge in [0.25, 0.3) is 0 Å². The molecule has 0 saturated carbocycles. The van der Waals surface area contributed by atoms with Crippen molar-refractivity contribution < 1.29 is 19.4 Å². The molecular weight excluding hydrogens is 400 g/mol. The summed E-state index contributed by atoms with van der Waals surface area (Å²) in [5.74, 6) is -0.890. The number of aliphatic carboxylic acids is 1. The predicted molar refractivity (Wildman–Crippen MR) is 137 cm³/mol. The molecule has 0 spiro atoms. The van der Waals surface area contributed by atoms with Crippen LogP contribution in [0.25, 0.3) is 0 Å². The molecule has 0 unspecified atom stereocenters. The van der Waals surface area contributed by atoms with E-state index in [0.717, 1.165) is 19.3 Å². The van der Waals surface area contributed by atoms with E-state index in [1.54, 1.807) is 19.9 Å². The molecule has 32 heavy (non-hydrogen) atoms. The number of carbonyl (C=O) groups is 2. The zero-order valence-electron chi connectivity index (χ0n) is 21.5. The highest BCUT2D eigenvalue weighted by atomic mass is 16.5. The van der Waals surface area contributed by atoms with Gasteiger partial charge in [-0.1, -0.05) is 109 Å². The van der Waals surface area contributed by atoms with Gasteiger partial charge in [-0.15, -0.1) is 6.58 Å². The van der Waals surface area contributed by atoms with Crippen LogP contribution in [-0.2, 0) is 14.3 Å². The first-order valence-corrected chi connectivity index (χ1v) is 13.0. The fourth-order valence-corrected chi connectivity index (χ4v) is 3.36. The molecule has 1 N–H and O–H groups in total. The van der Waals surface area contributed by atoms with E-state index in [-0.39, 0.29) is 5.97 Å². The van der Waals surface area contributed by atoms with Gasteiger partial charge in [-0.3, -0.25) is 9.59 Å². The first kappa shape index (κ1) is 32.6. The van der Waals surface area contributed by atoms with Crippen molar-refractivity contribution in [2.75, 3.05) is 0 Å². The lowest BCUT2D eigenvalue weighted by Crippen LogP contribution is -2.22. The van der Waals surface area contributed by atoms with Gasteiger partial charge in [-0.25, -0.2) is 0 Å². The number of carboxylic acid groups (broad SMARTS) is 1. The number of esters is 1. The molecule has 0 aromatic carbocycles. The maximum atomic E-state index is 11.1. The van der Waals surface area contributed by atoms with E-state index in [1.807, 2.05) is 0 Å². The lowest BCUT2D eigenvalue weighted by molar-refractivity contribution is -0.147. The molecule has 0 aliphatic rings. The van der Waals surface area contributed by atoms with Gasteiger partial charge in [-0.05, 0) is 33.1 Å². The SMILES string of the molecule is C=CCCC(C)(C)C(=O)O.C=COC(=O)CCCCCCCCCCCCCCCCC. The van der Waals surface area contributed by atoms with Crippen LogP contribution >= 0.6 is 0 Å². The van der Waals surface area contributed by atoms with E-state index in [2.05, 4.69) is 24.8 Å². The highest BCUT2D eigenvalue weighted by Gasteiger charge is 2.25. The van der Waals surface area contributed by atoms with E-state index in [1.165, 1.54) is 89.7 Å². The molecule has 0 saturated heterocycles. The topological polar surface area (TPSA) is 63.6 Å². The maximum Gasteiger partial charge on any atom is 0.310 e. The molecular formula is C28H52O4. The van der Waals surface area contributed by atoms with Crippen molar-refractivity contribution in [2.45, 2.75) is 136 Å². The van der Waals surface area contributed by atoms with Crippen molar-refractivity contribution in [3.8, 4) is 0 Å². The number of hydrogen-bond donors (Lipinski definition) is 1. The fraction of sp³-hybridized carbons (Fsp3) is 0.786. The lowest BCUT2D eigenvalue weighted by atomic mass is 9.88. The van der Waals surface area contributed by atoms with E-state index in [9.17, 15) is 9.59 Å². The molecule has 0 fully saturated rings. The average Bonchev–Trinajstić information content (AvgIpc) is 2.75. The molecule has 4 nitrogen and oxygen atoms in total. The zero-order chi connectivity index (χ0) is 24.5. The number of ether oxygens (including phenoxy) is 1. The molecule has 0 rings (SSSR count). The Bertz CT molecular complexity index is 468. The van der Waals surface area contributed by atoms with Crippen LogP contribution < -0.4 is 0 Å². The van der Waals surface area contributed by atoms with E-state index >= 15 is 0 Å². The Hall–Kier alpha value is -1.58. The summed E-state index contributed by atoms with van der Waals surface area (Å²) in [4.78, 5) is 21.6. The quantitative estimate of drug-likeness (QED) is 0.0816. The second-order valence-corrected chi connectivity index (χ2v) is 9.37. The summed E-state index contributed by atoms with van der Waals surface area (Å²) in [6, 6.07) is 0. The Balaban J connectivity index is 0. The Morgan fingerprint density at radius 3 is 1.53 bits per heavy atom. The average molecular weight is 453 g/mol. The van der Waals surface area contributed by atoms with Crippen LogP contribution in [0.1, 0.15) is 136 Å². The number of unbranched alkanes of at least 4 members (excludes halogenated alkanes) is 14. The van der Waals surface area contributed by atoms with Crippen molar-refractivity contribution in [3.63, 3.8) is 0 Å². The highest BCUT2D eigenvalue weighted by molar-refractivity contribution is 5.73. The molecule has 0 amide bonds. The van der Waals surface area contributed by atoms with Crippen LogP contribution in [0.2, 0.25) is 0 Å². The largest absolute Gasteiger partial charge is 0.481 e. The minimum atomic E-state index is -0.741. The Kier molecular flexibility index (Phi) is 24.5. The molecule has 0 bridgehead atoms. The van der Waals surface area contributed by atoms with Crippen LogP contribution in [-0.4, -0.2) is 17.0 Å². The first-order valence-electron chi connectivity index (χ1n) is 13.0. The van der Waals surface area contributed by atoms with E-state index in [4.69, 9.17) is 5.11 Å². The van der Waals surface area contributed by atoms with Crippen LogP contribution in [0.15, 0.2) is 25.5 Å². The van der Waals surface area contributed by atoms with Crippen molar-refractivity contribution in [1.82, 2.24) is 0 Å². The summed E-state index contributed by atoms with van der Waals surface area (Å²) in [5, 5.41) is 8.63. The second-order valence-electron chi connectivity index (χ2n) is 9.37. The van der Waals surface area contributed by atoms with Crippen LogP contribution in [0, 0.1) is 5.41 Å². The van der Waals surface area contributed by atoms with Crippen LogP contribution in [0.5, 0.6) is 0 Å². The summed E-state index contributed by atoms with van der Waals surface area (Å²) >= 11 is 0. The Labute approximate surface area is 198 Å². The summed E-state index contributed by atoms with van der Waals surface area (Å²) in [6.07, 6.45) is 25.1. The summed E-state index contributed by atoms with van der Waals surface area (Å²) in [7, 11) is 0. The third-order valence-electron chi connectivity index (χ3n) is 5.75. The van der Waals surface area contributed by atoms with Gasteiger partial charge >= 0.3 is 11.9 Å². The van der Waals surface area contributed by atoms with Crippen molar-refractivity contribution >= 4 is 11.9 Å². The van der Waals surface area contributed by atoms with Gasteiger partial charge < -0.3 is 9.84 Å². The Morgan fingerprint density at radius 1 is 0.781 bits per heavy atom. The minimum Gasteiger partial charge on any atom is -0.481 e. The van der Waals surface area contributed by atoms with Gasteiger partial charge in [0.05, 0.1) is 11.7 Å². The van der Waals surface area contributed by atoms with Crippen molar-refractivity contribution in [3.05, 3.63) is 25.5 Å². The standard InChI is InChI=1S/C20H38O2.C8H14O2/c1-3-5-6-7-8-9-10-11-12-13-14-15-16-17-18-19-20(21)22-4-2;1-4-5-6-8(2,3)7(9)10/h4H,2-3,5-19H2,1H3;4H,1,5-6H2,2-3H3,(H,9,10). The summed E-state index contributed by atoms with van der Waals surface area (Å²) in [5.41, 5.74) is -0.603. The zero-order valence-corrected chi connectivity index (χ0v) is 21.5. The minimum absolute atomic E-state index is 0.148. The van der Waals surface area contributed by atoms with Gasteiger partial charge in [0.2, 0.25) is 0 Å². The molecule has 0 aliphatic heterocycles. The van der Waals surface area contributed by atoms with Gasteiger partial charge in [-0.2, -0.15) is 0 Å². The fourth-order valence-electron chi connectivity index (χ4n) is 3.36. The van der Waals surface area contributed by atoms with Gasteiger partial charge in [0.15, 0.2) is 0 Å². The molecule has 0 aromatic heterocycles. The smallest absolute Gasteiger partial charge is 0.310 e. The molecule has 0 atom stereocenters. The molecule has 0 aromatic rings. The normalized spacial score (nSPS) is 10.7. The van der Waals surface area contributed by atoms with Gasteiger partial charge in [0.1, 0.15) is 0 Å². The maximum absolute atomic E-state index is 11.1. The highest BCUT2D eigenvalue weighted by Crippen LogP contribution is 2.22. The number of carbonyl (C=O) groups excluding carboxylic acids is 1. The van der Waals surface area contributed by atoms with E-state index < -0.39 is 11.4 Å². The molecule has 188 valence electrons. The van der Waals surface area contributed by atoms with Crippen LogP contribution in [0.4, 0.5) is 0 Å². The monoisotopic (exact) mass is 452 g/mol. The molecule has 0 heterocycles. The Morgan fingerprint density at radius 2 is 1.19 bits per heavy atom. The molecule has 0 radical (unpaired) electrons. The van der Waals surface area contributed by atoms with Crippen LogP contribution in [0.3, 0.4) is 0 Å². The number of carboxylic acids is 1.